The van der Waals surface area contributed by atoms with E-state index < -0.39 is 12.0 Å². The maximum Gasteiger partial charge on any atom is 0.320 e. The molecule has 22 heavy (non-hydrogen) atoms. The molecule has 0 spiro atoms. The Morgan fingerprint density at radius 1 is 1.23 bits per heavy atom. The molecule has 0 fully saturated rings. The Balaban J connectivity index is 3.02. The largest absolute Gasteiger partial charge is 0.490 e. The Bertz CT molecular complexity index is 490. The average molecular weight is 309 g/mol. The summed E-state index contributed by atoms with van der Waals surface area (Å²) in [5.74, 6) is 0.736. The highest BCUT2D eigenvalue weighted by Crippen LogP contribution is 2.39. The van der Waals surface area contributed by atoms with Gasteiger partial charge in [-0.05, 0) is 38.2 Å². The molecule has 124 valence electrons. The molecule has 0 amide bonds. The number of ether oxygens (including phenoxy) is 2. The molecule has 1 rings (SSSR count). The maximum atomic E-state index is 10.9. The zero-order chi connectivity index (χ0) is 16.7. The van der Waals surface area contributed by atoms with Gasteiger partial charge in [0.1, 0.15) is 6.04 Å². The number of hydrogen-bond acceptors (Lipinski definition) is 4. The molecule has 1 aromatic carbocycles. The van der Waals surface area contributed by atoms with E-state index in [1.165, 1.54) is 0 Å². The van der Waals surface area contributed by atoms with Crippen LogP contribution < -0.4 is 15.2 Å². The van der Waals surface area contributed by atoms with Crippen molar-refractivity contribution in [1.29, 1.82) is 0 Å². The third-order valence-electron chi connectivity index (χ3n) is 3.88. The van der Waals surface area contributed by atoms with Crippen molar-refractivity contribution in [1.82, 2.24) is 0 Å². The Hall–Kier alpha value is -1.75. The predicted molar refractivity (Wildman–Crippen MR) is 86.6 cm³/mol. The van der Waals surface area contributed by atoms with E-state index in [0.29, 0.717) is 19.6 Å². The van der Waals surface area contributed by atoms with Gasteiger partial charge in [-0.15, -0.1) is 0 Å². The topological polar surface area (TPSA) is 81.8 Å². The van der Waals surface area contributed by atoms with Crippen LogP contribution in [0.1, 0.15) is 45.6 Å². The van der Waals surface area contributed by atoms with Crippen LogP contribution in [0.5, 0.6) is 11.5 Å². The van der Waals surface area contributed by atoms with Gasteiger partial charge in [0.05, 0.1) is 13.2 Å². The first-order valence-electron chi connectivity index (χ1n) is 7.79. The molecule has 0 aromatic heterocycles. The monoisotopic (exact) mass is 309 g/mol. The first kappa shape index (κ1) is 18.3. The summed E-state index contributed by atoms with van der Waals surface area (Å²) >= 11 is 0. The van der Waals surface area contributed by atoms with Gasteiger partial charge in [-0.1, -0.05) is 26.0 Å². The fraction of sp³-hybridized carbons (Fsp3) is 0.588. The van der Waals surface area contributed by atoms with Gasteiger partial charge in [0.25, 0.3) is 0 Å². The molecule has 0 saturated heterocycles. The molecule has 5 heteroatoms. The predicted octanol–water partition coefficient (Wildman–Crippen LogP) is 3.03. The standard InChI is InChI=1S/C17H27NO4/c1-5-21-15-9-7-8-13(16(15)22-6-2)12(4)11(3)10-14(18)17(19)20/h7-9,11-12,14H,5-6,10,18H2,1-4H3,(H,19,20). The van der Waals surface area contributed by atoms with Crippen LogP contribution in [-0.2, 0) is 4.79 Å². The van der Waals surface area contributed by atoms with Gasteiger partial charge in [0, 0.05) is 5.56 Å². The summed E-state index contributed by atoms with van der Waals surface area (Å²) in [6, 6.07) is 4.98. The van der Waals surface area contributed by atoms with Gasteiger partial charge in [0.15, 0.2) is 11.5 Å². The van der Waals surface area contributed by atoms with Crippen LogP contribution in [0.4, 0.5) is 0 Å². The second-order valence-corrected chi connectivity index (χ2v) is 5.49. The van der Waals surface area contributed by atoms with Gasteiger partial charge in [0.2, 0.25) is 0 Å². The van der Waals surface area contributed by atoms with Crippen LogP contribution in [0.15, 0.2) is 18.2 Å². The van der Waals surface area contributed by atoms with Crippen molar-refractivity contribution in [3.05, 3.63) is 23.8 Å². The number of carboxylic acids is 1. The minimum Gasteiger partial charge on any atom is -0.490 e. The Morgan fingerprint density at radius 3 is 2.41 bits per heavy atom. The van der Waals surface area contributed by atoms with E-state index in [9.17, 15) is 4.79 Å². The van der Waals surface area contributed by atoms with Crippen LogP contribution in [0.3, 0.4) is 0 Å². The molecule has 3 atom stereocenters. The molecule has 0 bridgehead atoms. The van der Waals surface area contributed by atoms with Crippen molar-refractivity contribution in [2.45, 2.75) is 46.1 Å². The molecule has 3 N–H and O–H groups in total. The average Bonchev–Trinajstić information content (AvgIpc) is 2.48. The lowest BCUT2D eigenvalue weighted by Crippen LogP contribution is -2.32. The zero-order valence-corrected chi connectivity index (χ0v) is 13.8. The quantitative estimate of drug-likeness (QED) is 0.732. The highest BCUT2D eigenvalue weighted by Gasteiger charge is 2.24. The number of carboxylic acid groups (broad SMARTS) is 1. The molecule has 0 aliphatic rings. The summed E-state index contributed by atoms with van der Waals surface area (Å²) in [7, 11) is 0. The summed E-state index contributed by atoms with van der Waals surface area (Å²) in [6.45, 7) is 9.05. The normalized spacial score (nSPS) is 15.0. The first-order valence-corrected chi connectivity index (χ1v) is 7.79. The lowest BCUT2D eigenvalue weighted by molar-refractivity contribution is -0.138. The van der Waals surface area contributed by atoms with Crippen molar-refractivity contribution in [2.75, 3.05) is 13.2 Å². The molecule has 5 nitrogen and oxygen atoms in total. The van der Waals surface area contributed by atoms with Crippen LogP contribution in [0.2, 0.25) is 0 Å². The molecule has 0 radical (unpaired) electrons. The molecular formula is C17H27NO4. The second kappa shape index (κ2) is 8.63. The van der Waals surface area contributed by atoms with E-state index >= 15 is 0 Å². The fourth-order valence-corrected chi connectivity index (χ4v) is 2.47. The summed E-state index contributed by atoms with van der Waals surface area (Å²) in [6.07, 6.45) is 0.418. The highest BCUT2D eigenvalue weighted by molar-refractivity contribution is 5.73. The van der Waals surface area contributed by atoms with E-state index in [1.807, 2.05) is 39.0 Å². The van der Waals surface area contributed by atoms with Gasteiger partial charge >= 0.3 is 5.97 Å². The van der Waals surface area contributed by atoms with Gasteiger partial charge in [-0.25, -0.2) is 0 Å². The van der Waals surface area contributed by atoms with Gasteiger partial charge < -0.3 is 20.3 Å². The zero-order valence-electron chi connectivity index (χ0n) is 13.8. The van der Waals surface area contributed by atoms with Crippen molar-refractivity contribution in [2.24, 2.45) is 11.7 Å². The molecule has 0 heterocycles. The summed E-state index contributed by atoms with van der Waals surface area (Å²) < 4.78 is 11.4. The van der Waals surface area contributed by atoms with E-state index in [1.54, 1.807) is 0 Å². The second-order valence-electron chi connectivity index (χ2n) is 5.49. The molecule has 0 aliphatic carbocycles. The van der Waals surface area contributed by atoms with Crippen LogP contribution in [0, 0.1) is 5.92 Å². The fourth-order valence-electron chi connectivity index (χ4n) is 2.47. The number of aliphatic carboxylic acids is 1. The van der Waals surface area contributed by atoms with Gasteiger partial charge in [-0.3, -0.25) is 4.79 Å². The molecule has 1 aromatic rings. The maximum absolute atomic E-state index is 10.9. The molecule has 3 unspecified atom stereocenters. The van der Waals surface area contributed by atoms with Crippen molar-refractivity contribution in [3.8, 4) is 11.5 Å². The van der Waals surface area contributed by atoms with Crippen molar-refractivity contribution >= 4 is 5.97 Å². The number of para-hydroxylation sites is 1. The van der Waals surface area contributed by atoms with Crippen molar-refractivity contribution < 1.29 is 19.4 Å². The highest BCUT2D eigenvalue weighted by atomic mass is 16.5. The summed E-state index contributed by atoms with van der Waals surface area (Å²) in [4.78, 5) is 10.9. The minimum atomic E-state index is -0.966. The number of nitrogens with two attached hydrogens (primary N) is 1. The van der Waals surface area contributed by atoms with E-state index in [0.717, 1.165) is 17.1 Å². The summed E-state index contributed by atoms with van der Waals surface area (Å²) in [5, 5.41) is 8.97. The smallest absolute Gasteiger partial charge is 0.320 e. The third kappa shape index (κ3) is 4.63. The SMILES string of the molecule is CCOc1cccc(C(C)C(C)CC(N)C(=O)O)c1OCC. The number of hydrogen-bond donors (Lipinski definition) is 2. The number of benzene rings is 1. The van der Waals surface area contributed by atoms with Gasteiger partial charge in [-0.2, -0.15) is 0 Å². The van der Waals surface area contributed by atoms with Crippen molar-refractivity contribution in [3.63, 3.8) is 0 Å². The minimum absolute atomic E-state index is 0.113. The molecular weight excluding hydrogens is 282 g/mol. The number of carbonyl (C=O) groups is 1. The van der Waals surface area contributed by atoms with E-state index in [-0.39, 0.29) is 11.8 Å². The van der Waals surface area contributed by atoms with Crippen LogP contribution in [0.25, 0.3) is 0 Å². The first-order chi connectivity index (χ1) is 10.4. The van der Waals surface area contributed by atoms with E-state index in [2.05, 4.69) is 6.92 Å². The lowest BCUT2D eigenvalue weighted by Gasteiger charge is -2.25. The third-order valence-corrected chi connectivity index (χ3v) is 3.88. The van der Waals surface area contributed by atoms with Crippen LogP contribution in [-0.4, -0.2) is 30.3 Å². The lowest BCUT2D eigenvalue weighted by atomic mass is 9.84. The van der Waals surface area contributed by atoms with E-state index in [4.69, 9.17) is 20.3 Å². The van der Waals surface area contributed by atoms with Crippen LogP contribution >= 0.6 is 0 Å². The Morgan fingerprint density at radius 2 is 1.86 bits per heavy atom. The molecule has 0 aliphatic heterocycles. The molecule has 0 saturated carbocycles. The Kier molecular flexibility index (Phi) is 7.18. The number of rotatable bonds is 9. The summed E-state index contributed by atoms with van der Waals surface area (Å²) in [5.41, 5.74) is 6.68. The Labute approximate surface area is 132 Å².